The van der Waals surface area contributed by atoms with Crippen LogP contribution in [0.15, 0.2) is 30.5 Å². The Balaban J connectivity index is 1.98. The summed E-state index contributed by atoms with van der Waals surface area (Å²) in [6.07, 6.45) is 2.48. The van der Waals surface area contributed by atoms with E-state index >= 15 is 0 Å². The van der Waals surface area contributed by atoms with Gasteiger partial charge in [-0.25, -0.2) is 0 Å². The summed E-state index contributed by atoms with van der Waals surface area (Å²) >= 11 is 5.93. The summed E-state index contributed by atoms with van der Waals surface area (Å²) < 4.78 is 1.80. The molecule has 0 fully saturated rings. The van der Waals surface area contributed by atoms with Crippen molar-refractivity contribution in [2.75, 3.05) is 18.9 Å². The van der Waals surface area contributed by atoms with Crippen LogP contribution in [0.25, 0.3) is 0 Å². The van der Waals surface area contributed by atoms with Crippen molar-refractivity contribution in [3.05, 3.63) is 46.7 Å². The van der Waals surface area contributed by atoms with E-state index < -0.39 is 0 Å². The quantitative estimate of drug-likeness (QED) is 0.887. The van der Waals surface area contributed by atoms with Gasteiger partial charge in [-0.2, -0.15) is 5.10 Å². The molecule has 5 nitrogen and oxygen atoms in total. The van der Waals surface area contributed by atoms with Crippen molar-refractivity contribution in [1.29, 1.82) is 0 Å². The van der Waals surface area contributed by atoms with E-state index in [1.807, 2.05) is 13.1 Å². The summed E-state index contributed by atoms with van der Waals surface area (Å²) in [7, 11) is 3.66. The molecular weight excluding hydrogens is 276 g/mol. The number of anilines is 1. The van der Waals surface area contributed by atoms with E-state index in [0.29, 0.717) is 17.1 Å². The predicted molar refractivity (Wildman–Crippen MR) is 80.2 cm³/mol. The van der Waals surface area contributed by atoms with Crippen LogP contribution < -0.4 is 10.6 Å². The highest BCUT2D eigenvalue weighted by Crippen LogP contribution is 2.20. The number of nitrogens with zero attached hydrogens (tertiary/aromatic N) is 2. The van der Waals surface area contributed by atoms with E-state index in [0.717, 1.165) is 17.8 Å². The van der Waals surface area contributed by atoms with Gasteiger partial charge in [0, 0.05) is 49.7 Å². The van der Waals surface area contributed by atoms with Gasteiger partial charge >= 0.3 is 0 Å². The second kappa shape index (κ2) is 6.43. The highest BCUT2D eigenvalue weighted by Gasteiger charge is 2.11. The summed E-state index contributed by atoms with van der Waals surface area (Å²) in [4.78, 5) is 12.2. The van der Waals surface area contributed by atoms with E-state index in [1.165, 1.54) is 0 Å². The highest BCUT2D eigenvalue weighted by atomic mass is 35.5. The topological polar surface area (TPSA) is 59.0 Å². The number of aromatic nitrogens is 2. The number of carbonyl (C=O) groups excluding carboxylic acids is 1. The van der Waals surface area contributed by atoms with E-state index in [9.17, 15) is 4.79 Å². The van der Waals surface area contributed by atoms with Crippen LogP contribution in [0.4, 0.5) is 5.69 Å². The number of hydrogen-bond donors (Lipinski definition) is 2. The Morgan fingerprint density at radius 1 is 1.40 bits per heavy atom. The summed E-state index contributed by atoms with van der Waals surface area (Å²) in [5, 5.41) is 10.5. The molecule has 0 unspecified atom stereocenters. The SMILES string of the molecule is CNc1ccc(Cl)cc1C(=O)NCCc1ccnn1C. The molecule has 0 radical (unpaired) electrons. The van der Waals surface area contributed by atoms with Crippen LogP contribution >= 0.6 is 11.6 Å². The van der Waals surface area contributed by atoms with Crippen LogP contribution in [0.3, 0.4) is 0 Å². The maximum atomic E-state index is 12.2. The second-order valence-electron chi connectivity index (χ2n) is 4.39. The van der Waals surface area contributed by atoms with Crippen molar-refractivity contribution in [2.24, 2.45) is 7.05 Å². The average molecular weight is 293 g/mol. The summed E-state index contributed by atoms with van der Waals surface area (Å²) in [5.74, 6) is -0.140. The Morgan fingerprint density at radius 2 is 2.20 bits per heavy atom. The zero-order valence-corrected chi connectivity index (χ0v) is 12.2. The second-order valence-corrected chi connectivity index (χ2v) is 4.83. The number of carbonyl (C=O) groups is 1. The highest BCUT2D eigenvalue weighted by molar-refractivity contribution is 6.31. The Bertz CT molecular complexity index is 609. The van der Waals surface area contributed by atoms with Gasteiger partial charge in [0.05, 0.1) is 5.56 Å². The first kappa shape index (κ1) is 14.4. The van der Waals surface area contributed by atoms with Gasteiger partial charge in [-0.1, -0.05) is 11.6 Å². The van der Waals surface area contributed by atoms with Gasteiger partial charge in [-0.15, -0.1) is 0 Å². The Kier molecular flexibility index (Phi) is 4.63. The third-order valence-electron chi connectivity index (χ3n) is 3.08. The Morgan fingerprint density at radius 3 is 2.85 bits per heavy atom. The first-order valence-electron chi connectivity index (χ1n) is 6.34. The molecule has 1 amide bonds. The number of rotatable bonds is 5. The molecule has 6 heteroatoms. The van der Waals surface area contributed by atoms with Gasteiger partial charge in [-0.05, 0) is 24.3 Å². The van der Waals surface area contributed by atoms with Crippen LogP contribution in [0.5, 0.6) is 0 Å². The van der Waals surface area contributed by atoms with Crippen molar-refractivity contribution in [2.45, 2.75) is 6.42 Å². The van der Waals surface area contributed by atoms with E-state index in [1.54, 1.807) is 36.1 Å². The van der Waals surface area contributed by atoms with Crippen molar-refractivity contribution in [3.8, 4) is 0 Å². The first-order valence-corrected chi connectivity index (χ1v) is 6.72. The van der Waals surface area contributed by atoms with Gasteiger partial charge in [-0.3, -0.25) is 9.48 Å². The molecule has 1 heterocycles. The zero-order chi connectivity index (χ0) is 14.5. The molecule has 1 aromatic heterocycles. The van der Waals surface area contributed by atoms with Crippen molar-refractivity contribution in [3.63, 3.8) is 0 Å². The summed E-state index contributed by atoms with van der Waals surface area (Å²) in [6.45, 7) is 0.550. The minimum atomic E-state index is -0.140. The monoisotopic (exact) mass is 292 g/mol. The predicted octanol–water partition coefficient (Wildman–Crippen LogP) is 2.09. The van der Waals surface area contributed by atoms with Crippen LogP contribution in [-0.4, -0.2) is 29.3 Å². The lowest BCUT2D eigenvalue weighted by Crippen LogP contribution is -2.27. The molecule has 106 valence electrons. The van der Waals surface area contributed by atoms with Crippen LogP contribution in [0.1, 0.15) is 16.1 Å². The lowest BCUT2D eigenvalue weighted by Gasteiger charge is -2.10. The van der Waals surface area contributed by atoms with E-state index in [2.05, 4.69) is 15.7 Å². The van der Waals surface area contributed by atoms with Gasteiger partial charge in [0.25, 0.3) is 5.91 Å². The molecule has 2 aromatic rings. The molecule has 0 saturated carbocycles. The van der Waals surface area contributed by atoms with Crippen LogP contribution in [0, 0.1) is 0 Å². The largest absolute Gasteiger partial charge is 0.387 e. The minimum Gasteiger partial charge on any atom is -0.387 e. The standard InChI is InChI=1S/C14H17ClN4O/c1-16-13-4-3-10(15)9-12(13)14(20)17-7-5-11-6-8-18-19(11)2/h3-4,6,8-9,16H,5,7H2,1-2H3,(H,17,20). The molecule has 0 bridgehead atoms. The fraction of sp³-hybridized carbons (Fsp3) is 0.286. The fourth-order valence-corrected chi connectivity index (χ4v) is 2.14. The van der Waals surface area contributed by atoms with Gasteiger partial charge in [0.2, 0.25) is 0 Å². The van der Waals surface area contributed by atoms with Crippen molar-refractivity contribution >= 4 is 23.2 Å². The number of amides is 1. The molecule has 0 saturated heterocycles. The van der Waals surface area contributed by atoms with Crippen LogP contribution in [-0.2, 0) is 13.5 Å². The summed E-state index contributed by atoms with van der Waals surface area (Å²) in [5.41, 5.74) is 2.38. The molecule has 2 rings (SSSR count). The molecule has 0 aliphatic rings. The number of nitrogens with one attached hydrogen (secondary N) is 2. The molecule has 0 atom stereocenters. The van der Waals surface area contributed by atoms with Crippen LogP contribution in [0.2, 0.25) is 5.02 Å². The minimum absolute atomic E-state index is 0.140. The third-order valence-corrected chi connectivity index (χ3v) is 3.32. The Labute approximate surface area is 122 Å². The molecule has 2 N–H and O–H groups in total. The number of benzene rings is 1. The van der Waals surface area contributed by atoms with Crippen molar-refractivity contribution < 1.29 is 4.79 Å². The molecule has 20 heavy (non-hydrogen) atoms. The molecular formula is C14H17ClN4O. The lowest BCUT2D eigenvalue weighted by molar-refractivity contribution is 0.0954. The van der Waals surface area contributed by atoms with E-state index in [4.69, 9.17) is 11.6 Å². The average Bonchev–Trinajstić information content (AvgIpc) is 2.84. The molecule has 0 spiro atoms. The van der Waals surface area contributed by atoms with Crippen molar-refractivity contribution in [1.82, 2.24) is 15.1 Å². The maximum Gasteiger partial charge on any atom is 0.253 e. The third kappa shape index (κ3) is 3.30. The number of halogens is 1. The Hall–Kier alpha value is -2.01. The van der Waals surface area contributed by atoms with Gasteiger partial charge in [0.15, 0.2) is 0 Å². The van der Waals surface area contributed by atoms with Gasteiger partial charge in [0.1, 0.15) is 0 Å². The molecule has 0 aliphatic heterocycles. The smallest absolute Gasteiger partial charge is 0.253 e. The molecule has 1 aromatic carbocycles. The number of aryl methyl sites for hydroxylation is 1. The van der Waals surface area contributed by atoms with Gasteiger partial charge < -0.3 is 10.6 Å². The normalized spacial score (nSPS) is 10.3. The van der Waals surface area contributed by atoms with E-state index in [-0.39, 0.29) is 5.91 Å². The fourth-order valence-electron chi connectivity index (χ4n) is 1.97. The maximum absolute atomic E-state index is 12.2. The lowest BCUT2D eigenvalue weighted by atomic mass is 10.1. The molecule has 0 aliphatic carbocycles. The number of hydrogen-bond acceptors (Lipinski definition) is 3. The zero-order valence-electron chi connectivity index (χ0n) is 11.5. The first-order chi connectivity index (χ1) is 9.61. The summed E-state index contributed by atoms with van der Waals surface area (Å²) in [6, 6.07) is 7.13.